The van der Waals surface area contributed by atoms with Crippen LogP contribution in [0.4, 0.5) is 11.4 Å². The van der Waals surface area contributed by atoms with Crippen LogP contribution in [-0.4, -0.2) is 18.4 Å². The highest BCUT2D eigenvalue weighted by Crippen LogP contribution is 2.26. The number of benzene rings is 2. The minimum absolute atomic E-state index is 0.0262. The molecule has 1 N–H and O–H groups in total. The fraction of sp³-hybridized carbons (Fsp3) is 0.125. The van der Waals surface area contributed by atoms with Crippen LogP contribution in [0, 0.1) is 6.92 Å². The highest BCUT2D eigenvalue weighted by atomic mass is 16.2. The summed E-state index contributed by atoms with van der Waals surface area (Å²) in [5, 5.41) is 2.77. The van der Waals surface area contributed by atoms with Crippen LogP contribution in [0.1, 0.15) is 15.9 Å². The first-order chi connectivity index (χ1) is 9.66. The van der Waals surface area contributed by atoms with Gasteiger partial charge in [-0.2, -0.15) is 0 Å². The molecule has 0 spiro atoms. The van der Waals surface area contributed by atoms with Crippen molar-refractivity contribution in [3.8, 4) is 0 Å². The van der Waals surface area contributed by atoms with E-state index in [2.05, 4.69) is 5.32 Å². The lowest BCUT2D eigenvalue weighted by Gasteiger charge is -2.21. The summed E-state index contributed by atoms with van der Waals surface area (Å²) < 4.78 is 0. The lowest BCUT2D eigenvalue weighted by Crippen LogP contribution is -2.35. The smallest absolute Gasteiger partial charge is 0.260 e. The molecule has 0 radical (unpaired) electrons. The molecular formula is C16H14N2O2. The van der Waals surface area contributed by atoms with Gasteiger partial charge in [0, 0.05) is 5.69 Å². The molecule has 20 heavy (non-hydrogen) atoms. The Morgan fingerprint density at radius 1 is 1.00 bits per heavy atom. The largest absolute Gasteiger partial charge is 0.324 e. The van der Waals surface area contributed by atoms with E-state index in [1.807, 2.05) is 31.2 Å². The minimum atomic E-state index is -0.188. The van der Waals surface area contributed by atoms with E-state index in [1.54, 1.807) is 24.3 Å². The van der Waals surface area contributed by atoms with Gasteiger partial charge in [-0.05, 0) is 30.7 Å². The minimum Gasteiger partial charge on any atom is -0.324 e. The first-order valence-corrected chi connectivity index (χ1v) is 6.43. The zero-order valence-corrected chi connectivity index (χ0v) is 11.1. The molecule has 4 nitrogen and oxygen atoms in total. The maximum absolute atomic E-state index is 12.7. The quantitative estimate of drug-likeness (QED) is 0.862. The van der Waals surface area contributed by atoms with Gasteiger partial charge < -0.3 is 5.32 Å². The van der Waals surface area contributed by atoms with Crippen LogP contribution < -0.4 is 10.2 Å². The van der Waals surface area contributed by atoms with Crippen LogP contribution in [0.15, 0.2) is 48.5 Å². The van der Waals surface area contributed by atoms with Crippen LogP contribution in [0.3, 0.4) is 0 Å². The van der Waals surface area contributed by atoms with Crippen molar-refractivity contribution >= 4 is 23.2 Å². The molecule has 0 bridgehead atoms. The molecule has 0 aliphatic carbocycles. The van der Waals surface area contributed by atoms with E-state index in [9.17, 15) is 9.59 Å². The number of hydrogen-bond acceptors (Lipinski definition) is 2. The van der Waals surface area contributed by atoms with Crippen molar-refractivity contribution in [2.45, 2.75) is 6.92 Å². The van der Waals surface area contributed by atoms with E-state index in [-0.39, 0.29) is 18.4 Å². The zero-order chi connectivity index (χ0) is 14.1. The van der Waals surface area contributed by atoms with Gasteiger partial charge >= 0.3 is 0 Å². The van der Waals surface area contributed by atoms with Gasteiger partial charge in [0.05, 0.1) is 11.3 Å². The maximum atomic E-state index is 12.7. The molecule has 2 amide bonds. The molecule has 100 valence electrons. The average Bonchev–Trinajstić information content (AvgIpc) is 2.57. The Labute approximate surface area is 117 Å². The number of hydrogen-bond donors (Lipinski definition) is 1. The maximum Gasteiger partial charge on any atom is 0.260 e. The Kier molecular flexibility index (Phi) is 2.99. The number of nitrogens with zero attached hydrogens (tertiary/aromatic N) is 1. The van der Waals surface area contributed by atoms with E-state index in [4.69, 9.17) is 0 Å². The fourth-order valence-corrected chi connectivity index (χ4v) is 2.39. The molecule has 2 aromatic rings. The molecule has 0 unspecified atom stereocenters. The van der Waals surface area contributed by atoms with Crippen LogP contribution in [-0.2, 0) is 4.79 Å². The van der Waals surface area contributed by atoms with E-state index >= 15 is 0 Å². The Bertz CT molecular complexity index is 694. The summed E-state index contributed by atoms with van der Waals surface area (Å²) in [6.45, 7) is 1.95. The van der Waals surface area contributed by atoms with Gasteiger partial charge in [-0.3, -0.25) is 14.5 Å². The van der Waals surface area contributed by atoms with Gasteiger partial charge in [-0.25, -0.2) is 0 Å². The van der Waals surface area contributed by atoms with Crippen molar-refractivity contribution in [1.29, 1.82) is 0 Å². The van der Waals surface area contributed by atoms with Gasteiger partial charge in [0.25, 0.3) is 5.91 Å². The van der Waals surface area contributed by atoms with Gasteiger partial charge in [0.2, 0.25) is 5.91 Å². The van der Waals surface area contributed by atoms with Crippen molar-refractivity contribution in [2.75, 3.05) is 16.8 Å². The van der Waals surface area contributed by atoms with Gasteiger partial charge in [0.15, 0.2) is 0 Å². The second-order valence-electron chi connectivity index (χ2n) is 4.77. The SMILES string of the molecule is Cc1ccccc1N1CC(=O)Nc2ccccc2C1=O. The summed E-state index contributed by atoms with van der Waals surface area (Å²) in [5.41, 5.74) is 2.82. The standard InChI is InChI=1S/C16H14N2O2/c1-11-6-2-5-9-14(11)18-10-15(19)17-13-8-4-3-7-12(13)16(18)20/h2-9H,10H2,1H3,(H,17,19). The number of para-hydroxylation sites is 2. The molecule has 1 heterocycles. The van der Waals surface area contributed by atoms with Crippen LogP contribution in [0.25, 0.3) is 0 Å². The highest BCUT2D eigenvalue weighted by Gasteiger charge is 2.27. The number of carbonyl (C=O) groups excluding carboxylic acids is 2. The van der Waals surface area contributed by atoms with E-state index in [0.717, 1.165) is 11.3 Å². The van der Waals surface area contributed by atoms with Crippen molar-refractivity contribution in [3.63, 3.8) is 0 Å². The monoisotopic (exact) mass is 266 g/mol. The van der Waals surface area contributed by atoms with Gasteiger partial charge in [-0.15, -0.1) is 0 Å². The predicted octanol–water partition coefficient (Wildman–Crippen LogP) is 2.59. The summed E-state index contributed by atoms with van der Waals surface area (Å²) in [6, 6.07) is 14.6. The van der Waals surface area contributed by atoms with Crippen molar-refractivity contribution in [3.05, 3.63) is 59.7 Å². The Morgan fingerprint density at radius 2 is 1.70 bits per heavy atom. The molecule has 1 aliphatic heterocycles. The molecule has 1 aliphatic rings. The third-order valence-corrected chi connectivity index (χ3v) is 3.38. The summed E-state index contributed by atoms with van der Waals surface area (Å²) >= 11 is 0. The second kappa shape index (κ2) is 4.81. The predicted molar refractivity (Wildman–Crippen MR) is 77.9 cm³/mol. The van der Waals surface area contributed by atoms with Gasteiger partial charge in [0.1, 0.15) is 6.54 Å². The molecule has 0 aromatic heterocycles. The summed E-state index contributed by atoms with van der Waals surface area (Å²) in [5.74, 6) is -0.347. The normalized spacial score (nSPS) is 14.6. The van der Waals surface area contributed by atoms with Crippen LogP contribution in [0.2, 0.25) is 0 Å². The van der Waals surface area contributed by atoms with Crippen LogP contribution in [0.5, 0.6) is 0 Å². The van der Waals surface area contributed by atoms with Crippen LogP contribution >= 0.6 is 0 Å². The first kappa shape index (κ1) is 12.4. The van der Waals surface area contributed by atoms with E-state index in [1.165, 1.54) is 4.90 Å². The molecule has 0 atom stereocenters. The molecule has 3 rings (SSSR count). The number of amides is 2. The Balaban J connectivity index is 2.12. The van der Waals surface area contributed by atoms with E-state index < -0.39 is 0 Å². The number of rotatable bonds is 1. The second-order valence-corrected chi connectivity index (χ2v) is 4.77. The highest BCUT2D eigenvalue weighted by molar-refractivity contribution is 6.17. The first-order valence-electron chi connectivity index (χ1n) is 6.43. The van der Waals surface area contributed by atoms with Crippen molar-refractivity contribution in [2.24, 2.45) is 0 Å². The summed E-state index contributed by atoms with van der Waals surface area (Å²) in [4.78, 5) is 26.2. The molecule has 0 saturated carbocycles. The molecule has 2 aromatic carbocycles. The lowest BCUT2D eigenvalue weighted by atomic mass is 10.1. The lowest BCUT2D eigenvalue weighted by molar-refractivity contribution is -0.114. The number of aryl methyl sites for hydroxylation is 1. The third kappa shape index (κ3) is 2.05. The zero-order valence-electron chi connectivity index (χ0n) is 11.1. The van der Waals surface area contributed by atoms with Crippen molar-refractivity contribution in [1.82, 2.24) is 0 Å². The summed E-state index contributed by atoms with van der Waals surface area (Å²) in [7, 11) is 0. The Morgan fingerprint density at radius 3 is 2.50 bits per heavy atom. The molecular weight excluding hydrogens is 252 g/mol. The molecule has 0 fully saturated rings. The van der Waals surface area contributed by atoms with E-state index in [0.29, 0.717) is 11.3 Å². The fourth-order valence-electron chi connectivity index (χ4n) is 2.39. The average molecular weight is 266 g/mol. The number of carbonyl (C=O) groups is 2. The van der Waals surface area contributed by atoms with Gasteiger partial charge in [-0.1, -0.05) is 30.3 Å². The number of nitrogens with one attached hydrogen (secondary N) is 1. The van der Waals surface area contributed by atoms with Crippen molar-refractivity contribution < 1.29 is 9.59 Å². The number of fused-ring (bicyclic) bond motifs is 1. The summed E-state index contributed by atoms with van der Waals surface area (Å²) in [6.07, 6.45) is 0. The number of anilines is 2. The molecule has 0 saturated heterocycles. The topological polar surface area (TPSA) is 49.4 Å². The molecule has 4 heteroatoms. The Hall–Kier alpha value is -2.62. The third-order valence-electron chi connectivity index (χ3n) is 3.38.